The fourth-order valence-corrected chi connectivity index (χ4v) is 4.09. The molecule has 0 radical (unpaired) electrons. The van der Waals surface area contributed by atoms with E-state index >= 15 is 0 Å². The highest BCUT2D eigenvalue weighted by atomic mass is 79.9. The summed E-state index contributed by atoms with van der Waals surface area (Å²) in [6.07, 6.45) is 2.83. The van der Waals surface area contributed by atoms with Gasteiger partial charge in [0, 0.05) is 28.5 Å². The number of aromatic nitrogens is 3. The molecule has 2 N–H and O–H groups in total. The average Bonchev–Trinajstić information content (AvgIpc) is 2.75. The second-order valence-corrected chi connectivity index (χ2v) is 8.33. The normalized spacial score (nSPS) is 15.0. The van der Waals surface area contributed by atoms with E-state index in [9.17, 15) is 13.2 Å². The third-order valence-electron chi connectivity index (χ3n) is 5.14. The van der Waals surface area contributed by atoms with Crippen molar-refractivity contribution < 1.29 is 13.2 Å². The quantitative estimate of drug-likeness (QED) is 0.410. The molecule has 4 rings (SSSR count). The predicted molar refractivity (Wildman–Crippen MR) is 118 cm³/mol. The van der Waals surface area contributed by atoms with Gasteiger partial charge in [0.2, 0.25) is 5.95 Å². The number of rotatable bonds is 5. The van der Waals surface area contributed by atoms with Gasteiger partial charge in [-0.2, -0.15) is 18.2 Å². The summed E-state index contributed by atoms with van der Waals surface area (Å²) in [6.45, 7) is 0. The molecule has 2 aromatic heterocycles. The Bertz CT molecular complexity index is 1040. The summed E-state index contributed by atoms with van der Waals surface area (Å²) in [4.78, 5) is 13.4. The molecular formula is C22H21BrF3N5. The zero-order valence-electron chi connectivity index (χ0n) is 16.6. The molecule has 1 aliphatic rings. The maximum atomic E-state index is 13.3. The molecule has 1 fully saturated rings. The molecule has 0 spiro atoms. The molecule has 0 saturated heterocycles. The minimum absolute atomic E-state index is 0.0120. The number of anilines is 3. The third kappa shape index (κ3) is 5.52. The predicted octanol–water partition coefficient (Wildman–Crippen LogP) is 6.81. The van der Waals surface area contributed by atoms with E-state index in [1.54, 1.807) is 18.3 Å². The Morgan fingerprint density at radius 3 is 2.45 bits per heavy atom. The van der Waals surface area contributed by atoms with Crippen LogP contribution in [0.25, 0.3) is 11.4 Å². The lowest BCUT2D eigenvalue weighted by molar-refractivity contribution is -0.138. The molecular weight excluding hydrogens is 471 g/mol. The molecule has 31 heavy (non-hydrogen) atoms. The van der Waals surface area contributed by atoms with Crippen LogP contribution in [0.1, 0.15) is 37.7 Å². The van der Waals surface area contributed by atoms with Gasteiger partial charge in [0.1, 0.15) is 5.82 Å². The fraction of sp³-hybridized carbons (Fsp3) is 0.318. The Labute approximate surface area is 186 Å². The lowest BCUT2D eigenvalue weighted by Gasteiger charge is -2.23. The van der Waals surface area contributed by atoms with Gasteiger partial charge < -0.3 is 10.6 Å². The van der Waals surface area contributed by atoms with Crippen LogP contribution < -0.4 is 10.6 Å². The van der Waals surface area contributed by atoms with E-state index in [1.165, 1.54) is 12.5 Å². The highest BCUT2D eigenvalue weighted by Gasteiger charge is 2.33. The molecule has 0 bridgehead atoms. The lowest BCUT2D eigenvalue weighted by atomic mass is 9.96. The molecule has 0 atom stereocenters. The number of hydrogen-bond acceptors (Lipinski definition) is 5. The number of nitrogens with zero attached hydrogens (tertiary/aromatic N) is 3. The maximum Gasteiger partial charge on any atom is 0.417 e. The molecule has 162 valence electrons. The van der Waals surface area contributed by atoms with Crippen LogP contribution in [0, 0.1) is 0 Å². The van der Waals surface area contributed by atoms with Crippen molar-refractivity contribution in [3.63, 3.8) is 0 Å². The second-order valence-electron chi connectivity index (χ2n) is 7.47. The van der Waals surface area contributed by atoms with Crippen LogP contribution in [0.3, 0.4) is 0 Å². The summed E-state index contributed by atoms with van der Waals surface area (Å²) >= 11 is 2.97. The van der Waals surface area contributed by atoms with Gasteiger partial charge in [0.15, 0.2) is 0 Å². The summed E-state index contributed by atoms with van der Waals surface area (Å²) in [5.41, 5.74) is 0.776. The average molecular weight is 492 g/mol. The van der Waals surface area contributed by atoms with Crippen molar-refractivity contribution in [1.29, 1.82) is 0 Å². The minimum atomic E-state index is -4.46. The van der Waals surface area contributed by atoms with Crippen LogP contribution in [0.5, 0.6) is 0 Å². The molecule has 3 aromatic rings. The number of hydrogen-bond donors (Lipinski definition) is 2. The van der Waals surface area contributed by atoms with Crippen molar-refractivity contribution in [2.75, 3.05) is 10.6 Å². The molecule has 2 heterocycles. The van der Waals surface area contributed by atoms with E-state index < -0.39 is 11.7 Å². The van der Waals surface area contributed by atoms with Crippen LogP contribution in [0.4, 0.5) is 30.6 Å². The van der Waals surface area contributed by atoms with E-state index in [2.05, 4.69) is 41.5 Å². The smallest absolute Gasteiger partial charge is 0.351 e. The largest absolute Gasteiger partial charge is 0.417 e. The SMILES string of the molecule is FC(F)(F)c1cc(Nc2cc(-c3ccccn3)nc(NC3CCCCC3)n2)ccc1Br. The Morgan fingerprint density at radius 1 is 0.935 bits per heavy atom. The monoisotopic (exact) mass is 491 g/mol. The first-order valence-electron chi connectivity index (χ1n) is 10.1. The first-order valence-corrected chi connectivity index (χ1v) is 10.9. The molecule has 0 amide bonds. The summed E-state index contributed by atoms with van der Waals surface area (Å²) < 4.78 is 39.8. The van der Waals surface area contributed by atoms with E-state index in [-0.39, 0.29) is 16.2 Å². The van der Waals surface area contributed by atoms with Crippen molar-refractivity contribution in [2.45, 2.75) is 44.3 Å². The van der Waals surface area contributed by atoms with Crippen LogP contribution in [0.2, 0.25) is 0 Å². The van der Waals surface area contributed by atoms with Crippen molar-refractivity contribution in [2.24, 2.45) is 0 Å². The Hall–Kier alpha value is -2.68. The first kappa shape index (κ1) is 21.5. The molecule has 5 nitrogen and oxygen atoms in total. The highest BCUT2D eigenvalue weighted by Crippen LogP contribution is 2.37. The van der Waals surface area contributed by atoms with Gasteiger partial charge in [-0.15, -0.1) is 0 Å². The van der Waals surface area contributed by atoms with E-state index in [4.69, 9.17) is 0 Å². The van der Waals surface area contributed by atoms with Gasteiger partial charge in [-0.1, -0.05) is 41.3 Å². The van der Waals surface area contributed by atoms with Crippen molar-refractivity contribution in [1.82, 2.24) is 15.0 Å². The molecule has 9 heteroatoms. The summed E-state index contributed by atoms with van der Waals surface area (Å²) in [5, 5.41) is 6.38. The number of halogens is 4. The zero-order valence-corrected chi connectivity index (χ0v) is 18.2. The zero-order chi connectivity index (χ0) is 21.8. The van der Waals surface area contributed by atoms with Gasteiger partial charge in [0.05, 0.1) is 17.0 Å². The van der Waals surface area contributed by atoms with E-state index in [1.807, 2.05) is 18.2 Å². The minimum Gasteiger partial charge on any atom is -0.351 e. The van der Waals surface area contributed by atoms with Crippen LogP contribution in [0.15, 0.2) is 53.1 Å². The van der Waals surface area contributed by atoms with Gasteiger partial charge >= 0.3 is 6.18 Å². The van der Waals surface area contributed by atoms with Gasteiger partial charge in [-0.25, -0.2) is 4.98 Å². The summed E-state index contributed by atoms with van der Waals surface area (Å²) in [6, 6.07) is 11.5. The number of benzene rings is 1. The topological polar surface area (TPSA) is 62.7 Å². The van der Waals surface area contributed by atoms with Crippen molar-refractivity contribution >= 4 is 33.4 Å². The van der Waals surface area contributed by atoms with Gasteiger partial charge in [-0.05, 0) is 43.2 Å². The number of pyridine rings is 1. The van der Waals surface area contributed by atoms with E-state index in [0.29, 0.717) is 23.2 Å². The summed E-state index contributed by atoms with van der Waals surface area (Å²) in [7, 11) is 0. The standard InChI is InChI=1S/C22H21BrF3N5/c23-17-10-9-15(12-16(17)22(24,25)26)28-20-13-19(18-8-4-5-11-27-18)30-21(31-20)29-14-6-2-1-3-7-14/h4-5,8-14H,1-3,6-7H2,(H2,28,29,30,31). The van der Waals surface area contributed by atoms with Crippen LogP contribution in [-0.4, -0.2) is 21.0 Å². The second kappa shape index (κ2) is 9.21. The molecule has 1 aromatic carbocycles. The van der Waals surface area contributed by atoms with Gasteiger partial charge in [-0.3, -0.25) is 4.98 Å². The number of alkyl halides is 3. The Balaban J connectivity index is 1.67. The maximum absolute atomic E-state index is 13.3. The molecule has 0 unspecified atom stereocenters. The van der Waals surface area contributed by atoms with Crippen LogP contribution in [-0.2, 0) is 6.18 Å². The lowest BCUT2D eigenvalue weighted by Crippen LogP contribution is -2.23. The van der Waals surface area contributed by atoms with Crippen molar-refractivity contribution in [3.8, 4) is 11.4 Å². The molecule has 0 aliphatic heterocycles. The summed E-state index contributed by atoms with van der Waals surface area (Å²) in [5.74, 6) is 0.829. The number of nitrogens with one attached hydrogen (secondary N) is 2. The van der Waals surface area contributed by atoms with Crippen LogP contribution >= 0.6 is 15.9 Å². The van der Waals surface area contributed by atoms with E-state index in [0.717, 1.165) is 31.7 Å². The first-order chi connectivity index (χ1) is 14.9. The fourth-order valence-electron chi connectivity index (χ4n) is 3.62. The van der Waals surface area contributed by atoms with Crippen molar-refractivity contribution in [3.05, 3.63) is 58.7 Å². The molecule has 1 saturated carbocycles. The third-order valence-corrected chi connectivity index (χ3v) is 5.83. The molecule has 1 aliphatic carbocycles. The Kier molecular flexibility index (Phi) is 6.41. The van der Waals surface area contributed by atoms with Gasteiger partial charge in [0.25, 0.3) is 0 Å². The highest BCUT2D eigenvalue weighted by molar-refractivity contribution is 9.10. The Morgan fingerprint density at radius 2 is 1.74 bits per heavy atom.